The number of hydrazone groups is 1. The zero-order chi connectivity index (χ0) is 13.7. The van der Waals surface area contributed by atoms with Crippen LogP contribution in [0.2, 0.25) is 0 Å². The summed E-state index contributed by atoms with van der Waals surface area (Å²) in [6, 6.07) is 9.38. The molecule has 2 aromatic rings. The van der Waals surface area contributed by atoms with Crippen LogP contribution in [0.4, 0.5) is 10.1 Å². The molecule has 0 aliphatic heterocycles. The second kappa shape index (κ2) is 6.01. The molecule has 0 atom stereocenters. The van der Waals surface area contributed by atoms with Gasteiger partial charge in [-0.15, -0.1) is 0 Å². The van der Waals surface area contributed by atoms with Crippen LogP contribution in [0.5, 0.6) is 0 Å². The van der Waals surface area contributed by atoms with Crippen molar-refractivity contribution in [2.45, 2.75) is 0 Å². The van der Waals surface area contributed by atoms with Gasteiger partial charge in [-0.1, -0.05) is 6.07 Å². The van der Waals surface area contributed by atoms with Crippen molar-refractivity contribution in [2.24, 2.45) is 10.8 Å². The van der Waals surface area contributed by atoms with Crippen LogP contribution in [-0.4, -0.2) is 16.3 Å². The molecule has 96 valence electrons. The van der Waals surface area contributed by atoms with E-state index in [2.05, 4.69) is 10.1 Å². The summed E-state index contributed by atoms with van der Waals surface area (Å²) in [5.74, 6) is -0.331. The first kappa shape index (κ1) is 13.1. The highest BCUT2D eigenvalue weighted by molar-refractivity contribution is 7.80. The number of thiocarbonyl (C=S) groups is 1. The summed E-state index contributed by atoms with van der Waals surface area (Å²) in [6.07, 6.45) is 4.91. The zero-order valence-electron chi connectivity index (χ0n) is 9.90. The summed E-state index contributed by atoms with van der Waals surface area (Å²) >= 11 is 4.93. The largest absolute Gasteiger partial charge is 0.374 e. The minimum absolute atomic E-state index is 0.0757. The van der Waals surface area contributed by atoms with Gasteiger partial charge in [-0.25, -0.2) is 9.40 Å². The van der Waals surface area contributed by atoms with E-state index in [0.29, 0.717) is 5.69 Å². The molecular weight excluding hydrogens is 263 g/mol. The Morgan fingerprint density at radius 1 is 1.32 bits per heavy atom. The van der Waals surface area contributed by atoms with Gasteiger partial charge in [0.15, 0.2) is 5.11 Å². The molecule has 0 spiro atoms. The number of pyridine rings is 1. The summed E-state index contributed by atoms with van der Waals surface area (Å²) in [5, 5.41) is 5.60. The van der Waals surface area contributed by atoms with Crippen LogP contribution in [0.15, 0.2) is 53.9 Å². The van der Waals surface area contributed by atoms with E-state index in [-0.39, 0.29) is 10.9 Å². The van der Waals surface area contributed by atoms with E-state index < -0.39 is 0 Å². The maximum atomic E-state index is 12.9. The number of nitrogens with two attached hydrogens (primary N) is 1. The number of rotatable bonds is 3. The second-order valence-electron chi connectivity index (χ2n) is 3.66. The van der Waals surface area contributed by atoms with Crippen molar-refractivity contribution >= 4 is 29.2 Å². The van der Waals surface area contributed by atoms with E-state index in [4.69, 9.17) is 18.0 Å². The van der Waals surface area contributed by atoms with Gasteiger partial charge >= 0.3 is 0 Å². The van der Waals surface area contributed by atoms with Crippen LogP contribution in [0.25, 0.3) is 0 Å². The molecule has 6 heteroatoms. The summed E-state index contributed by atoms with van der Waals surface area (Å²) in [7, 11) is 0. The lowest BCUT2D eigenvalue weighted by molar-refractivity contribution is 0.628. The zero-order valence-corrected chi connectivity index (χ0v) is 10.7. The van der Waals surface area contributed by atoms with Gasteiger partial charge in [0.05, 0.1) is 11.9 Å². The van der Waals surface area contributed by atoms with Crippen LogP contribution in [0.3, 0.4) is 0 Å². The third kappa shape index (κ3) is 3.56. The quantitative estimate of drug-likeness (QED) is 0.530. The standard InChI is InChI=1S/C13H11FN4S/c14-11-3-5-12(6-4-11)18(13(15)19)17-9-10-2-1-7-16-8-10/h1-9H,(H2,15,19)/b17-9-. The lowest BCUT2D eigenvalue weighted by Crippen LogP contribution is -2.30. The Balaban J connectivity index is 2.24. The average molecular weight is 274 g/mol. The van der Waals surface area contributed by atoms with Crippen molar-refractivity contribution in [2.75, 3.05) is 5.01 Å². The van der Waals surface area contributed by atoms with Crippen LogP contribution in [0.1, 0.15) is 5.56 Å². The van der Waals surface area contributed by atoms with E-state index in [1.54, 1.807) is 36.8 Å². The summed E-state index contributed by atoms with van der Waals surface area (Å²) < 4.78 is 12.9. The number of anilines is 1. The van der Waals surface area contributed by atoms with E-state index >= 15 is 0 Å². The molecule has 4 nitrogen and oxygen atoms in total. The summed E-state index contributed by atoms with van der Waals surface area (Å²) in [5.41, 5.74) is 7.01. The molecule has 0 radical (unpaired) electrons. The highest BCUT2D eigenvalue weighted by atomic mass is 32.1. The van der Waals surface area contributed by atoms with Gasteiger partial charge in [0.1, 0.15) is 5.82 Å². The third-order valence-corrected chi connectivity index (χ3v) is 2.46. The highest BCUT2D eigenvalue weighted by Crippen LogP contribution is 2.15. The molecule has 0 saturated heterocycles. The van der Waals surface area contributed by atoms with Gasteiger partial charge < -0.3 is 5.73 Å². The molecule has 0 aliphatic carbocycles. The first-order valence-electron chi connectivity index (χ1n) is 5.46. The number of hydrogen-bond donors (Lipinski definition) is 1. The van der Waals surface area contributed by atoms with Crippen molar-refractivity contribution in [1.82, 2.24) is 4.98 Å². The molecule has 0 amide bonds. The van der Waals surface area contributed by atoms with Gasteiger partial charge in [0.2, 0.25) is 0 Å². The Bertz CT molecular complexity index is 583. The van der Waals surface area contributed by atoms with Crippen LogP contribution in [-0.2, 0) is 0 Å². The van der Waals surface area contributed by atoms with Crippen molar-refractivity contribution < 1.29 is 4.39 Å². The molecule has 0 bridgehead atoms. The van der Waals surface area contributed by atoms with Gasteiger partial charge in [-0.3, -0.25) is 4.98 Å². The average Bonchev–Trinajstić information content (AvgIpc) is 2.42. The van der Waals surface area contributed by atoms with Crippen LogP contribution in [0, 0.1) is 5.82 Å². The molecule has 19 heavy (non-hydrogen) atoms. The fourth-order valence-corrected chi connectivity index (χ4v) is 1.56. The smallest absolute Gasteiger partial charge is 0.191 e. The van der Waals surface area contributed by atoms with Crippen molar-refractivity contribution in [3.05, 3.63) is 60.2 Å². The molecule has 0 unspecified atom stereocenters. The van der Waals surface area contributed by atoms with Gasteiger partial charge in [-0.05, 0) is 42.5 Å². The first-order chi connectivity index (χ1) is 9.16. The van der Waals surface area contributed by atoms with E-state index in [1.807, 2.05) is 6.07 Å². The van der Waals surface area contributed by atoms with Gasteiger partial charge in [-0.2, -0.15) is 5.10 Å². The molecular formula is C13H11FN4S. The molecule has 2 rings (SSSR count). The van der Waals surface area contributed by atoms with Gasteiger partial charge in [0, 0.05) is 18.0 Å². The minimum atomic E-state index is -0.331. The molecule has 2 N–H and O–H groups in total. The topological polar surface area (TPSA) is 54.5 Å². The minimum Gasteiger partial charge on any atom is -0.374 e. The molecule has 0 fully saturated rings. The molecule has 1 aromatic carbocycles. The Kier molecular flexibility index (Phi) is 4.15. The van der Waals surface area contributed by atoms with Crippen molar-refractivity contribution in [3.63, 3.8) is 0 Å². The highest BCUT2D eigenvalue weighted by Gasteiger charge is 2.07. The maximum absolute atomic E-state index is 12.9. The summed E-state index contributed by atoms with van der Waals surface area (Å²) in [4.78, 5) is 3.97. The first-order valence-corrected chi connectivity index (χ1v) is 5.87. The Labute approximate surface area is 115 Å². The Morgan fingerprint density at radius 2 is 2.05 bits per heavy atom. The normalized spacial score (nSPS) is 10.6. The predicted octanol–water partition coefficient (Wildman–Crippen LogP) is 2.30. The number of halogens is 1. The lowest BCUT2D eigenvalue weighted by Gasteiger charge is -2.16. The Morgan fingerprint density at radius 3 is 2.63 bits per heavy atom. The number of benzene rings is 1. The van der Waals surface area contributed by atoms with Crippen molar-refractivity contribution in [3.8, 4) is 0 Å². The fraction of sp³-hybridized carbons (Fsp3) is 0. The Hall–Kier alpha value is -2.34. The monoisotopic (exact) mass is 274 g/mol. The molecule has 0 saturated carbocycles. The predicted molar refractivity (Wildman–Crippen MR) is 77.5 cm³/mol. The summed E-state index contributed by atoms with van der Waals surface area (Å²) in [6.45, 7) is 0. The molecule has 0 aliphatic rings. The lowest BCUT2D eigenvalue weighted by atomic mass is 10.3. The number of hydrogen-bond acceptors (Lipinski definition) is 3. The SMILES string of the molecule is NC(=S)N(/N=C\c1cccnc1)c1ccc(F)cc1. The van der Waals surface area contributed by atoms with E-state index in [9.17, 15) is 4.39 Å². The van der Waals surface area contributed by atoms with Crippen LogP contribution >= 0.6 is 12.2 Å². The van der Waals surface area contributed by atoms with Gasteiger partial charge in [0.25, 0.3) is 0 Å². The second-order valence-corrected chi connectivity index (χ2v) is 4.08. The number of nitrogens with zero attached hydrogens (tertiary/aromatic N) is 3. The van der Waals surface area contributed by atoms with Crippen LogP contribution < -0.4 is 10.7 Å². The maximum Gasteiger partial charge on any atom is 0.191 e. The third-order valence-electron chi connectivity index (χ3n) is 2.29. The fourth-order valence-electron chi connectivity index (χ4n) is 1.41. The molecule has 1 heterocycles. The molecule has 1 aromatic heterocycles. The van der Waals surface area contributed by atoms with Crippen molar-refractivity contribution in [1.29, 1.82) is 0 Å². The number of aromatic nitrogens is 1. The van der Waals surface area contributed by atoms with E-state index in [1.165, 1.54) is 17.1 Å². The van der Waals surface area contributed by atoms with E-state index in [0.717, 1.165) is 5.56 Å².